The molecule has 1 atom stereocenters. The van der Waals surface area contributed by atoms with Crippen LogP contribution in [0.15, 0.2) is 27.9 Å². The molecule has 8 heteroatoms. The summed E-state index contributed by atoms with van der Waals surface area (Å²) >= 11 is 1.51. The van der Waals surface area contributed by atoms with Crippen molar-refractivity contribution < 1.29 is 13.2 Å². The number of hydrogen-bond donors (Lipinski definition) is 1. The Balaban J connectivity index is 1.70. The first kappa shape index (κ1) is 16.2. The fourth-order valence-corrected chi connectivity index (χ4v) is 4.49. The maximum absolute atomic E-state index is 12.5. The number of sulfone groups is 1. The summed E-state index contributed by atoms with van der Waals surface area (Å²) < 4.78 is 23.5. The summed E-state index contributed by atoms with van der Waals surface area (Å²) in [5.74, 6) is 0.302. The van der Waals surface area contributed by atoms with Crippen LogP contribution in [0.5, 0.6) is 0 Å². The molecule has 23 heavy (non-hydrogen) atoms. The molecule has 1 aliphatic rings. The Morgan fingerprint density at radius 2 is 2.35 bits per heavy atom. The number of H-pyrrole nitrogens is 1. The summed E-state index contributed by atoms with van der Waals surface area (Å²) in [6.45, 7) is 1.41. The van der Waals surface area contributed by atoms with Crippen LogP contribution in [0.2, 0.25) is 0 Å². The standard InChI is InChI=1S/C15H19N3O3S2/c1-23(20,21)14-8-16-17-13(14)7-11-3-2-5-18(9-11)15(19)12-4-6-22-10-12/h4,6,8,10-11H,2-3,5,7,9H2,1H3,(H,16,17)/t11-/m1/s1. The van der Waals surface area contributed by atoms with Gasteiger partial charge >= 0.3 is 0 Å². The molecule has 0 spiro atoms. The van der Waals surface area contributed by atoms with E-state index < -0.39 is 9.84 Å². The van der Waals surface area contributed by atoms with E-state index in [-0.39, 0.29) is 16.7 Å². The third-order valence-corrected chi connectivity index (χ3v) is 5.98. The van der Waals surface area contributed by atoms with Gasteiger partial charge in [-0.15, -0.1) is 0 Å². The van der Waals surface area contributed by atoms with E-state index in [1.165, 1.54) is 23.8 Å². The van der Waals surface area contributed by atoms with Crippen molar-refractivity contribution in [1.82, 2.24) is 15.1 Å². The van der Waals surface area contributed by atoms with E-state index in [4.69, 9.17) is 0 Å². The molecule has 0 saturated carbocycles. The van der Waals surface area contributed by atoms with Crippen LogP contribution in [0.3, 0.4) is 0 Å². The maximum Gasteiger partial charge on any atom is 0.254 e. The van der Waals surface area contributed by atoms with Gasteiger partial charge in [0, 0.05) is 24.7 Å². The quantitative estimate of drug-likeness (QED) is 0.911. The van der Waals surface area contributed by atoms with E-state index in [9.17, 15) is 13.2 Å². The number of carbonyl (C=O) groups is 1. The molecule has 6 nitrogen and oxygen atoms in total. The molecule has 0 bridgehead atoms. The summed E-state index contributed by atoms with van der Waals surface area (Å²) in [7, 11) is -3.28. The molecule has 0 unspecified atom stereocenters. The molecule has 1 N–H and O–H groups in total. The van der Waals surface area contributed by atoms with E-state index in [0.29, 0.717) is 18.7 Å². The van der Waals surface area contributed by atoms with Gasteiger partial charge in [-0.3, -0.25) is 9.89 Å². The molecule has 1 amide bonds. The van der Waals surface area contributed by atoms with Crippen LogP contribution in [0, 0.1) is 5.92 Å². The highest BCUT2D eigenvalue weighted by Crippen LogP contribution is 2.24. The zero-order valence-electron chi connectivity index (χ0n) is 12.9. The number of piperidine rings is 1. The lowest BCUT2D eigenvalue weighted by Crippen LogP contribution is -2.40. The van der Waals surface area contributed by atoms with Gasteiger partial charge in [-0.05, 0) is 36.6 Å². The SMILES string of the molecule is CS(=O)(=O)c1cn[nH]c1C[C@H]1CCCN(C(=O)c2ccsc2)C1. The van der Waals surface area contributed by atoms with Gasteiger partial charge in [0.05, 0.1) is 17.5 Å². The van der Waals surface area contributed by atoms with Crippen LogP contribution in [0.4, 0.5) is 0 Å². The van der Waals surface area contributed by atoms with Crippen LogP contribution in [0.1, 0.15) is 28.9 Å². The second-order valence-electron chi connectivity index (χ2n) is 5.96. The molecular formula is C15H19N3O3S2. The van der Waals surface area contributed by atoms with Crippen LogP contribution in [-0.2, 0) is 16.3 Å². The zero-order chi connectivity index (χ0) is 16.4. The van der Waals surface area contributed by atoms with Crippen molar-refractivity contribution in [3.05, 3.63) is 34.3 Å². The highest BCUT2D eigenvalue weighted by molar-refractivity contribution is 7.90. The smallest absolute Gasteiger partial charge is 0.254 e. The maximum atomic E-state index is 12.5. The lowest BCUT2D eigenvalue weighted by atomic mass is 9.93. The number of nitrogens with zero attached hydrogens (tertiary/aromatic N) is 2. The fraction of sp³-hybridized carbons (Fsp3) is 0.467. The van der Waals surface area contributed by atoms with Gasteiger partial charge in [-0.2, -0.15) is 16.4 Å². The van der Waals surface area contributed by atoms with Gasteiger partial charge < -0.3 is 4.90 Å². The average Bonchev–Trinajstić information content (AvgIpc) is 3.17. The van der Waals surface area contributed by atoms with E-state index in [0.717, 1.165) is 24.9 Å². The van der Waals surface area contributed by atoms with Crippen molar-refractivity contribution in [1.29, 1.82) is 0 Å². The molecule has 2 aromatic rings. The van der Waals surface area contributed by atoms with Crippen LogP contribution >= 0.6 is 11.3 Å². The van der Waals surface area contributed by atoms with Crippen molar-refractivity contribution in [3.63, 3.8) is 0 Å². The van der Waals surface area contributed by atoms with E-state index >= 15 is 0 Å². The van der Waals surface area contributed by atoms with Crippen molar-refractivity contribution in [2.75, 3.05) is 19.3 Å². The highest BCUT2D eigenvalue weighted by atomic mass is 32.2. The van der Waals surface area contributed by atoms with Crippen LogP contribution < -0.4 is 0 Å². The molecule has 0 aliphatic carbocycles. The lowest BCUT2D eigenvalue weighted by Gasteiger charge is -2.32. The van der Waals surface area contributed by atoms with Crippen molar-refractivity contribution in [2.45, 2.75) is 24.2 Å². The highest BCUT2D eigenvalue weighted by Gasteiger charge is 2.27. The molecule has 1 fully saturated rings. The van der Waals surface area contributed by atoms with Crippen molar-refractivity contribution in [2.24, 2.45) is 5.92 Å². The molecule has 3 rings (SSSR count). The number of aromatic nitrogens is 2. The first-order valence-electron chi connectivity index (χ1n) is 7.49. The second kappa shape index (κ2) is 6.45. The first-order valence-corrected chi connectivity index (χ1v) is 10.3. The van der Waals surface area contributed by atoms with E-state index in [2.05, 4.69) is 10.2 Å². The summed E-state index contributed by atoms with van der Waals surface area (Å²) in [4.78, 5) is 14.6. The van der Waals surface area contributed by atoms with Crippen molar-refractivity contribution >= 4 is 27.1 Å². The molecule has 0 radical (unpaired) electrons. The molecule has 1 aliphatic heterocycles. The topological polar surface area (TPSA) is 83.1 Å². The summed E-state index contributed by atoms with van der Waals surface area (Å²) in [6.07, 6.45) is 5.06. The Kier molecular flexibility index (Phi) is 4.54. The molecule has 2 aromatic heterocycles. The minimum absolute atomic E-state index is 0.0592. The Morgan fingerprint density at radius 3 is 3.04 bits per heavy atom. The first-order chi connectivity index (χ1) is 10.9. The number of nitrogens with one attached hydrogen (secondary N) is 1. The third-order valence-electron chi connectivity index (χ3n) is 4.15. The zero-order valence-corrected chi connectivity index (χ0v) is 14.5. The van der Waals surface area contributed by atoms with Gasteiger partial charge in [0.1, 0.15) is 4.90 Å². The van der Waals surface area contributed by atoms with E-state index in [1.807, 2.05) is 21.7 Å². The minimum Gasteiger partial charge on any atom is -0.338 e. The van der Waals surface area contributed by atoms with Gasteiger partial charge in [0.2, 0.25) is 0 Å². The second-order valence-corrected chi connectivity index (χ2v) is 8.72. The number of hydrogen-bond acceptors (Lipinski definition) is 5. The summed E-state index contributed by atoms with van der Waals surface area (Å²) in [6, 6.07) is 1.84. The number of amides is 1. The number of aromatic amines is 1. The Labute approximate surface area is 139 Å². The molecule has 124 valence electrons. The van der Waals surface area contributed by atoms with Gasteiger partial charge in [0.25, 0.3) is 5.91 Å². The Morgan fingerprint density at radius 1 is 1.52 bits per heavy atom. The number of thiophene rings is 1. The predicted octanol–water partition coefficient (Wildman–Crippen LogP) is 1.97. The summed E-state index contributed by atoms with van der Waals surface area (Å²) in [5.41, 5.74) is 1.37. The average molecular weight is 353 g/mol. The molecular weight excluding hydrogens is 334 g/mol. The predicted molar refractivity (Wildman–Crippen MR) is 88.3 cm³/mol. The molecule has 1 saturated heterocycles. The third kappa shape index (κ3) is 3.64. The lowest BCUT2D eigenvalue weighted by molar-refractivity contribution is 0.0673. The van der Waals surface area contributed by atoms with Gasteiger partial charge in [-0.25, -0.2) is 8.42 Å². The minimum atomic E-state index is -3.28. The number of likely N-dealkylation sites (tertiary alicyclic amines) is 1. The van der Waals surface area contributed by atoms with Gasteiger partial charge in [0.15, 0.2) is 9.84 Å². The van der Waals surface area contributed by atoms with Crippen molar-refractivity contribution in [3.8, 4) is 0 Å². The number of carbonyl (C=O) groups excluding carboxylic acids is 1. The van der Waals surface area contributed by atoms with Crippen LogP contribution in [0.25, 0.3) is 0 Å². The number of rotatable bonds is 4. The van der Waals surface area contributed by atoms with Crippen LogP contribution in [-0.4, -0.2) is 48.8 Å². The monoisotopic (exact) mass is 353 g/mol. The largest absolute Gasteiger partial charge is 0.338 e. The fourth-order valence-electron chi connectivity index (χ4n) is 3.04. The Bertz CT molecular complexity index is 781. The van der Waals surface area contributed by atoms with E-state index in [1.54, 1.807) is 0 Å². The normalized spacial score (nSPS) is 19.0. The summed E-state index contributed by atoms with van der Waals surface area (Å²) in [5, 5.41) is 10.4. The molecule has 3 heterocycles. The molecule has 0 aromatic carbocycles. The van der Waals surface area contributed by atoms with Gasteiger partial charge in [-0.1, -0.05) is 0 Å². The Hall–Kier alpha value is -1.67.